The molecule has 0 aliphatic carbocycles. The highest BCUT2D eigenvalue weighted by atomic mass is 32.2. The van der Waals surface area contributed by atoms with Gasteiger partial charge in [0, 0.05) is 18.7 Å². The standard InChI is InChI=1S/C15H18N4O3S/c16-23(21,22)9-11-6-7-19(8-11)15(20)14-13(17-10-18-14)12-4-2-1-3-5-12/h1-5,10-11H,6-9H2,(H,17,18)(H2,16,21,22)/t11-/m0/s1. The van der Waals surface area contributed by atoms with Gasteiger partial charge in [-0.1, -0.05) is 30.3 Å². The van der Waals surface area contributed by atoms with Crippen LogP contribution in [0.15, 0.2) is 36.7 Å². The number of rotatable bonds is 4. The van der Waals surface area contributed by atoms with Gasteiger partial charge in [-0.2, -0.15) is 0 Å². The van der Waals surface area contributed by atoms with Crippen molar-refractivity contribution in [2.75, 3.05) is 18.8 Å². The molecule has 0 saturated carbocycles. The molecule has 1 saturated heterocycles. The predicted molar refractivity (Wildman–Crippen MR) is 86.0 cm³/mol. The van der Waals surface area contributed by atoms with Crippen LogP contribution in [0.4, 0.5) is 0 Å². The number of primary sulfonamides is 1. The molecule has 1 aliphatic rings. The average Bonchev–Trinajstić information content (AvgIpc) is 3.15. The summed E-state index contributed by atoms with van der Waals surface area (Å²) in [5.41, 5.74) is 1.88. The summed E-state index contributed by atoms with van der Waals surface area (Å²) in [4.78, 5) is 21.5. The van der Waals surface area contributed by atoms with Gasteiger partial charge in [0.15, 0.2) is 0 Å². The Morgan fingerprint density at radius 2 is 2.09 bits per heavy atom. The Bertz CT molecular complexity index is 801. The Morgan fingerprint density at radius 1 is 1.35 bits per heavy atom. The SMILES string of the molecule is NS(=O)(=O)C[C@H]1CCN(C(=O)c2[nH]cnc2-c2ccccc2)C1. The third kappa shape index (κ3) is 3.59. The molecule has 7 nitrogen and oxygen atoms in total. The van der Waals surface area contributed by atoms with Crippen molar-refractivity contribution in [2.45, 2.75) is 6.42 Å². The number of carbonyl (C=O) groups is 1. The van der Waals surface area contributed by atoms with E-state index in [0.717, 1.165) is 5.56 Å². The van der Waals surface area contributed by atoms with Gasteiger partial charge in [-0.25, -0.2) is 18.5 Å². The second-order valence-corrected chi connectivity index (χ2v) is 7.39. The van der Waals surface area contributed by atoms with Gasteiger partial charge >= 0.3 is 0 Å². The lowest BCUT2D eigenvalue weighted by Gasteiger charge is -2.16. The number of aromatic nitrogens is 2. The number of H-pyrrole nitrogens is 1. The molecule has 1 aromatic carbocycles. The Balaban J connectivity index is 1.77. The molecule has 0 spiro atoms. The summed E-state index contributed by atoms with van der Waals surface area (Å²) in [7, 11) is -3.52. The van der Waals surface area contributed by atoms with Gasteiger partial charge in [-0.05, 0) is 12.3 Å². The number of likely N-dealkylation sites (tertiary alicyclic amines) is 1. The fourth-order valence-corrected chi connectivity index (χ4v) is 3.84. The minimum absolute atomic E-state index is 0.0920. The Morgan fingerprint density at radius 3 is 2.78 bits per heavy atom. The Hall–Kier alpha value is -2.19. The first kappa shape index (κ1) is 15.7. The number of sulfonamides is 1. The van der Waals surface area contributed by atoms with Gasteiger partial charge in [0.05, 0.1) is 12.1 Å². The molecule has 3 N–H and O–H groups in total. The lowest BCUT2D eigenvalue weighted by Crippen LogP contribution is -2.31. The van der Waals surface area contributed by atoms with Gasteiger partial charge < -0.3 is 9.88 Å². The zero-order valence-electron chi connectivity index (χ0n) is 12.5. The van der Waals surface area contributed by atoms with Crippen LogP contribution in [0.3, 0.4) is 0 Å². The van der Waals surface area contributed by atoms with Gasteiger partial charge in [0.2, 0.25) is 10.0 Å². The molecular formula is C15H18N4O3S. The highest BCUT2D eigenvalue weighted by Crippen LogP contribution is 2.24. The normalized spacial score (nSPS) is 18.3. The largest absolute Gasteiger partial charge is 0.340 e. The summed E-state index contributed by atoms with van der Waals surface area (Å²) in [6, 6.07) is 9.45. The van der Waals surface area contributed by atoms with E-state index in [-0.39, 0.29) is 17.6 Å². The van der Waals surface area contributed by atoms with Crippen LogP contribution in [0.1, 0.15) is 16.9 Å². The maximum Gasteiger partial charge on any atom is 0.272 e. The molecule has 0 bridgehead atoms. The summed E-state index contributed by atoms with van der Waals surface area (Å²) in [6.45, 7) is 0.911. The molecule has 1 amide bonds. The predicted octanol–water partition coefficient (Wildman–Crippen LogP) is 0.827. The van der Waals surface area contributed by atoms with Crippen molar-refractivity contribution in [2.24, 2.45) is 11.1 Å². The highest BCUT2D eigenvalue weighted by molar-refractivity contribution is 7.89. The second kappa shape index (κ2) is 6.13. The van der Waals surface area contributed by atoms with Gasteiger partial charge in [0.25, 0.3) is 5.91 Å². The Kier molecular flexibility index (Phi) is 4.18. The van der Waals surface area contributed by atoms with Crippen molar-refractivity contribution in [1.82, 2.24) is 14.9 Å². The van der Waals surface area contributed by atoms with E-state index in [0.29, 0.717) is 30.9 Å². The third-order valence-electron chi connectivity index (χ3n) is 3.94. The van der Waals surface area contributed by atoms with E-state index < -0.39 is 10.0 Å². The smallest absolute Gasteiger partial charge is 0.272 e. The number of carbonyl (C=O) groups excluding carboxylic acids is 1. The van der Waals surface area contributed by atoms with Crippen molar-refractivity contribution < 1.29 is 13.2 Å². The first-order chi connectivity index (χ1) is 10.9. The highest BCUT2D eigenvalue weighted by Gasteiger charge is 2.31. The molecule has 1 aliphatic heterocycles. The molecule has 0 radical (unpaired) electrons. The number of aromatic amines is 1. The molecule has 8 heteroatoms. The molecule has 2 heterocycles. The summed E-state index contributed by atoms with van der Waals surface area (Å²) in [5.74, 6) is -0.374. The fraction of sp³-hybridized carbons (Fsp3) is 0.333. The van der Waals surface area contributed by atoms with E-state index in [9.17, 15) is 13.2 Å². The fourth-order valence-electron chi connectivity index (χ4n) is 2.91. The molecule has 1 atom stereocenters. The Labute approximate surface area is 134 Å². The number of nitrogens with zero attached hydrogens (tertiary/aromatic N) is 2. The zero-order valence-corrected chi connectivity index (χ0v) is 13.3. The van der Waals surface area contributed by atoms with Crippen molar-refractivity contribution in [3.05, 3.63) is 42.4 Å². The van der Waals surface area contributed by atoms with Crippen LogP contribution >= 0.6 is 0 Å². The van der Waals surface area contributed by atoms with E-state index in [1.54, 1.807) is 4.90 Å². The minimum Gasteiger partial charge on any atom is -0.340 e. The molecule has 122 valence electrons. The summed E-state index contributed by atoms with van der Waals surface area (Å²) >= 11 is 0. The van der Waals surface area contributed by atoms with Crippen molar-refractivity contribution in [3.8, 4) is 11.3 Å². The van der Waals surface area contributed by atoms with Crippen LogP contribution in [-0.2, 0) is 10.0 Å². The van der Waals surface area contributed by atoms with Crippen LogP contribution in [0.5, 0.6) is 0 Å². The zero-order chi connectivity index (χ0) is 16.4. The first-order valence-corrected chi connectivity index (χ1v) is 9.04. The topological polar surface area (TPSA) is 109 Å². The molecule has 1 fully saturated rings. The number of imidazole rings is 1. The summed E-state index contributed by atoms with van der Waals surface area (Å²) in [5, 5.41) is 5.08. The molecular weight excluding hydrogens is 316 g/mol. The van der Waals surface area contributed by atoms with E-state index in [4.69, 9.17) is 5.14 Å². The minimum atomic E-state index is -3.52. The number of hydrogen-bond donors (Lipinski definition) is 2. The monoisotopic (exact) mass is 334 g/mol. The maximum absolute atomic E-state index is 12.7. The van der Waals surface area contributed by atoms with Gasteiger partial charge in [-0.15, -0.1) is 0 Å². The molecule has 1 aromatic heterocycles. The number of amides is 1. The van der Waals surface area contributed by atoms with Gasteiger partial charge in [-0.3, -0.25) is 4.79 Å². The van der Waals surface area contributed by atoms with E-state index in [1.165, 1.54) is 6.33 Å². The second-order valence-electron chi connectivity index (χ2n) is 5.73. The maximum atomic E-state index is 12.7. The van der Waals surface area contributed by atoms with Crippen LogP contribution in [0.2, 0.25) is 0 Å². The van der Waals surface area contributed by atoms with E-state index in [1.807, 2.05) is 30.3 Å². The lowest BCUT2D eigenvalue weighted by atomic mass is 10.1. The van der Waals surface area contributed by atoms with Crippen LogP contribution in [-0.4, -0.2) is 48.0 Å². The van der Waals surface area contributed by atoms with Crippen molar-refractivity contribution >= 4 is 15.9 Å². The third-order valence-corrected chi connectivity index (χ3v) is 4.88. The molecule has 0 unspecified atom stereocenters. The van der Waals surface area contributed by atoms with Crippen molar-refractivity contribution in [1.29, 1.82) is 0 Å². The van der Waals surface area contributed by atoms with E-state index >= 15 is 0 Å². The van der Waals surface area contributed by atoms with Crippen molar-refractivity contribution in [3.63, 3.8) is 0 Å². The number of benzene rings is 1. The first-order valence-electron chi connectivity index (χ1n) is 7.32. The molecule has 2 aromatic rings. The lowest BCUT2D eigenvalue weighted by molar-refractivity contribution is 0.0784. The quantitative estimate of drug-likeness (QED) is 0.863. The number of nitrogens with two attached hydrogens (primary N) is 1. The molecule has 3 rings (SSSR count). The number of hydrogen-bond acceptors (Lipinski definition) is 4. The molecule has 23 heavy (non-hydrogen) atoms. The summed E-state index contributed by atoms with van der Waals surface area (Å²) < 4.78 is 22.4. The van der Waals surface area contributed by atoms with E-state index in [2.05, 4.69) is 9.97 Å². The van der Waals surface area contributed by atoms with Crippen LogP contribution < -0.4 is 5.14 Å². The van der Waals surface area contributed by atoms with Gasteiger partial charge in [0.1, 0.15) is 11.4 Å². The average molecular weight is 334 g/mol. The van der Waals surface area contributed by atoms with Crippen LogP contribution in [0.25, 0.3) is 11.3 Å². The van der Waals surface area contributed by atoms with Crippen LogP contribution in [0, 0.1) is 5.92 Å². The summed E-state index contributed by atoms with van der Waals surface area (Å²) in [6.07, 6.45) is 2.13. The number of nitrogens with one attached hydrogen (secondary N) is 1.